The summed E-state index contributed by atoms with van der Waals surface area (Å²) in [6.45, 7) is 9.90. The number of benzene rings is 2. The van der Waals surface area contributed by atoms with Crippen LogP contribution in [0.2, 0.25) is 0 Å². The Hall–Kier alpha value is -0.680. The number of ether oxygens (including phenoxy) is 2. The smallest absolute Gasteiger partial charge is 0.123 e. The Morgan fingerprint density at radius 1 is 0.654 bits per heavy atom. The first-order valence-corrected chi connectivity index (χ1v) is 10.8. The van der Waals surface area contributed by atoms with E-state index in [2.05, 4.69) is 108 Å². The highest BCUT2D eigenvalue weighted by molar-refractivity contribution is 9.10. The van der Waals surface area contributed by atoms with Crippen molar-refractivity contribution in [1.29, 1.82) is 0 Å². The largest absolute Gasteiger partial charge is 0.367 e. The van der Waals surface area contributed by atoms with E-state index in [4.69, 9.17) is 9.47 Å². The van der Waals surface area contributed by atoms with Gasteiger partial charge in [0.2, 0.25) is 0 Å². The summed E-state index contributed by atoms with van der Waals surface area (Å²) in [6, 6.07) is 16.7. The molecule has 2 aromatic rings. The topological polar surface area (TPSA) is 18.5 Å². The van der Waals surface area contributed by atoms with E-state index in [9.17, 15) is 0 Å². The van der Waals surface area contributed by atoms with Crippen molar-refractivity contribution >= 4 is 31.9 Å². The minimum atomic E-state index is -0.618. The second kappa shape index (κ2) is 9.50. The van der Waals surface area contributed by atoms with Gasteiger partial charge >= 0.3 is 0 Å². The van der Waals surface area contributed by atoms with Crippen LogP contribution in [-0.4, -0.2) is 13.2 Å². The van der Waals surface area contributed by atoms with E-state index >= 15 is 0 Å². The molecule has 0 radical (unpaired) electrons. The first-order chi connectivity index (χ1) is 12.4. The third-order valence-electron chi connectivity index (χ3n) is 4.89. The Morgan fingerprint density at radius 2 is 0.962 bits per heavy atom. The van der Waals surface area contributed by atoms with Crippen LogP contribution in [0.15, 0.2) is 57.5 Å². The molecule has 0 fully saturated rings. The molecule has 0 amide bonds. The summed E-state index contributed by atoms with van der Waals surface area (Å²) in [7, 11) is 0. The monoisotopic (exact) mass is 482 g/mol. The van der Waals surface area contributed by atoms with Crippen molar-refractivity contribution in [3.8, 4) is 0 Å². The fourth-order valence-electron chi connectivity index (χ4n) is 3.14. The first kappa shape index (κ1) is 21.6. The van der Waals surface area contributed by atoms with Crippen molar-refractivity contribution in [2.24, 2.45) is 0 Å². The molecule has 4 heteroatoms. The van der Waals surface area contributed by atoms with Gasteiger partial charge in [0.05, 0.1) is 0 Å². The average molecular weight is 484 g/mol. The molecular weight excluding hydrogens is 456 g/mol. The maximum Gasteiger partial charge on any atom is 0.123 e. The molecule has 0 aromatic heterocycles. The predicted octanol–water partition coefficient (Wildman–Crippen LogP) is 7.20. The highest BCUT2D eigenvalue weighted by Gasteiger charge is 2.49. The fourth-order valence-corrected chi connectivity index (χ4v) is 3.67. The van der Waals surface area contributed by atoms with Gasteiger partial charge in [0.15, 0.2) is 0 Å². The number of halogens is 2. The van der Waals surface area contributed by atoms with Gasteiger partial charge < -0.3 is 9.47 Å². The van der Waals surface area contributed by atoms with E-state index in [1.807, 2.05) is 0 Å². The van der Waals surface area contributed by atoms with Crippen molar-refractivity contribution in [2.45, 2.75) is 51.7 Å². The van der Waals surface area contributed by atoms with Gasteiger partial charge in [-0.05, 0) is 62.1 Å². The van der Waals surface area contributed by atoms with Crippen LogP contribution in [0, 0.1) is 0 Å². The second-order valence-electron chi connectivity index (χ2n) is 6.78. The Balaban J connectivity index is 2.60. The summed E-state index contributed by atoms with van der Waals surface area (Å²) in [4.78, 5) is 0. The normalized spacial score (nSPS) is 16.1. The van der Waals surface area contributed by atoms with E-state index < -0.39 is 11.2 Å². The van der Waals surface area contributed by atoms with Crippen LogP contribution in [0.3, 0.4) is 0 Å². The fraction of sp³-hybridized carbons (Fsp3) is 0.455. The second-order valence-corrected chi connectivity index (χ2v) is 8.61. The van der Waals surface area contributed by atoms with Crippen LogP contribution >= 0.6 is 31.9 Å². The van der Waals surface area contributed by atoms with Gasteiger partial charge in [-0.25, -0.2) is 0 Å². The summed E-state index contributed by atoms with van der Waals surface area (Å²) in [5, 5.41) is 0. The molecule has 0 spiro atoms. The maximum atomic E-state index is 6.50. The van der Waals surface area contributed by atoms with Crippen LogP contribution in [0.4, 0.5) is 0 Å². The molecule has 0 aliphatic rings. The molecule has 0 N–H and O–H groups in total. The zero-order chi connectivity index (χ0) is 19.2. The van der Waals surface area contributed by atoms with Crippen molar-refractivity contribution in [1.82, 2.24) is 0 Å². The highest BCUT2D eigenvalue weighted by Crippen LogP contribution is 2.46. The van der Waals surface area contributed by atoms with Crippen LogP contribution in [-0.2, 0) is 20.7 Å². The molecule has 0 aliphatic carbocycles. The number of rotatable bonds is 9. The van der Waals surface area contributed by atoms with Crippen molar-refractivity contribution < 1.29 is 9.47 Å². The molecule has 2 atom stereocenters. The number of hydrogen-bond donors (Lipinski definition) is 0. The Labute approximate surface area is 174 Å². The van der Waals surface area contributed by atoms with Gasteiger partial charge in [-0.1, -0.05) is 70.0 Å². The highest BCUT2D eigenvalue weighted by atomic mass is 79.9. The van der Waals surface area contributed by atoms with Crippen molar-refractivity contribution in [3.63, 3.8) is 0 Å². The third-order valence-corrected chi connectivity index (χ3v) is 5.95. The minimum absolute atomic E-state index is 0.618. The quantitative estimate of drug-likeness (QED) is 0.375. The molecule has 26 heavy (non-hydrogen) atoms. The summed E-state index contributed by atoms with van der Waals surface area (Å²) >= 11 is 7.07. The molecule has 0 saturated heterocycles. The van der Waals surface area contributed by atoms with E-state index in [1.165, 1.54) is 0 Å². The molecule has 0 bridgehead atoms. The van der Waals surface area contributed by atoms with Crippen LogP contribution in [0.1, 0.15) is 51.7 Å². The molecule has 2 nitrogen and oxygen atoms in total. The van der Waals surface area contributed by atoms with Gasteiger partial charge in [0.25, 0.3) is 0 Å². The van der Waals surface area contributed by atoms with Gasteiger partial charge in [-0.15, -0.1) is 0 Å². The minimum Gasteiger partial charge on any atom is -0.367 e. The molecule has 0 saturated carbocycles. The zero-order valence-electron chi connectivity index (χ0n) is 16.0. The van der Waals surface area contributed by atoms with Crippen LogP contribution < -0.4 is 0 Å². The van der Waals surface area contributed by atoms with Crippen LogP contribution in [0.5, 0.6) is 0 Å². The third kappa shape index (κ3) is 4.59. The van der Waals surface area contributed by atoms with Gasteiger partial charge in [-0.3, -0.25) is 0 Å². The Bertz CT molecular complexity index is 623. The lowest BCUT2D eigenvalue weighted by Crippen LogP contribution is -2.49. The standard InChI is InChI=1S/C22H28Br2O2/c1-5-15-25-21(3,17-7-11-19(23)12-8-17)22(4,26-16-6-2)18-9-13-20(24)14-10-18/h7-14H,5-6,15-16H2,1-4H3. The number of hydrogen-bond acceptors (Lipinski definition) is 2. The predicted molar refractivity (Wildman–Crippen MR) is 115 cm³/mol. The molecule has 0 heterocycles. The molecule has 2 unspecified atom stereocenters. The SMILES string of the molecule is CCCOC(C)(c1ccc(Br)cc1)C(C)(OCCC)c1ccc(Br)cc1. The lowest BCUT2D eigenvalue weighted by atomic mass is 9.75. The van der Waals surface area contributed by atoms with Gasteiger partial charge in [-0.2, -0.15) is 0 Å². The van der Waals surface area contributed by atoms with Crippen molar-refractivity contribution in [3.05, 3.63) is 68.6 Å². The van der Waals surface area contributed by atoms with Gasteiger partial charge in [0, 0.05) is 22.2 Å². The zero-order valence-corrected chi connectivity index (χ0v) is 19.2. The van der Waals surface area contributed by atoms with Gasteiger partial charge in [0.1, 0.15) is 11.2 Å². The van der Waals surface area contributed by atoms with E-state index in [0.29, 0.717) is 13.2 Å². The van der Waals surface area contributed by atoms with Crippen molar-refractivity contribution in [2.75, 3.05) is 13.2 Å². The molecule has 2 rings (SSSR count). The molecule has 142 valence electrons. The van der Waals surface area contributed by atoms with E-state index in [0.717, 1.165) is 32.9 Å². The maximum absolute atomic E-state index is 6.50. The molecular formula is C22H28Br2O2. The van der Waals surface area contributed by atoms with Crippen LogP contribution in [0.25, 0.3) is 0 Å². The average Bonchev–Trinajstić information content (AvgIpc) is 2.65. The lowest BCUT2D eigenvalue weighted by molar-refractivity contribution is -0.207. The Kier molecular flexibility index (Phi) is 7.90. The summed E-state index contributed by atoms with van der Waals surface area (Å²) < 4.78 is 15.1. The summed E-state index contributed by atoms with van der Waals surface area (Å²) in [5.74, 6) is 0. The van der Waals surface area contributed by atoms with E-state index in [1.54, 1.807) is 0 Å². The van der Waals surface area contributed by atoms with E-state index in [-0.39, 0.29) is 0 Å². The lowest BCUT2D eigenvalue weighted by Gasteiger charge is -2.47. The Morgan fingerprint density at radius 3 is 1.23 bits per heavy atom. The summed E-state index contributed by atoms with van der Waals surface area (Å²) in [6.07, 6.45) is 1.91. The molecule has 2 aromatic carbocycles. The summed E-state index contributed by atoms with van der Waals surface area (Å²) in [5.41, 5.74) is 0.978. The molecule has 0 aliphatic heterocycles. The first-order valence-electron chi connectivity index (χ1n) is 9.17.